The number of nitrogens with zero attached hydrogens (tertiary/aromatic N) is 1. The molecule has 0 aliphatic rings. The molecule has 18 heavy (non-hydrogen) atoms. The fourth-order valence-corrected chi connectivity index (χ4v) is 1.81. The molecule has 0 unspecified atom stereocenters. The second kappa shape index (κ2) is 5.23. The van der Waals surface area contributed by atoms with E-state index in [0.717, 1.165) is 5.56 Å². The monoisotopic (exact) mass is 241 g/mol. The molecule has 0 atom stereocenters. The SMILES string of the molecule is O=Cc1ccc[n+](Cc2ccccc2)c1C(=O)[O-]. The number of carboxylic acids is 1. The Morgan fingerprint density at radius 2 is 1.89 bits per heavy atom. The predicted octanol–water partition coefficient (Wildman–Crippen LogP) is 0.198. The van der Waals surface area contributed by atoms with Crippen molar-refractivity contribution < 1.29 is 19.3 Å². The number of aromatic carboxylic acids is 1. The molecule has 0 amide bonds. The summed E-state index contributed by atoms with van der Waals surface area (Å²) in [5.74, 6) is -1.35. The second-order valence-corrected chi connectivity index (χ2v) is 3.83. The third-order valence-electron chi connectivity index (χ3n) is 2.62. The molecule has 2 rings (SSSR count). The Balaban J connectivity index is 2.45. The van der Waals surface area contributed by atoms with E-state index < -0.39 is 5.97 Å². The summed E-state index contributed by atoms with van der Waals surface area (Å²) in [5, 5.41) is 11.1. The lowest BCUT2D eigenvalue weighted by molar-refractivity contribution is -0.692. The molecule has 0 aliphatic carbocycles. The van der Waals surface area contributed by atoms with Crippen molar-refractivity contribution in [2.45, 2.75) is 6.54 Å². The Bertz CT molecular complexity index is 579. The fourth-order valence-electron chi connectivity index (χ4n) is 1.81. The van der Waals surface area contributed by atoms with Gasteiger partial charge in [-0.15, -0.1) is 0 Å². The van der Waals surface area contributed by atoms with Crippen molar-refractivity contribution in [2.24, 2.45) is 0 Å². The van der Waals surface area contributed by atoms with Crippen molar-refractivity contribution >= 4 is 12.3 Å². The largest absolute Gasteiger partial charge is 0.539 e. The third-order valence-corrected chi connectivity index (χ3v) is 2.62. The smallest absolute Gasteiger partial charge is 0.239 e. The maximum Gasteiger partial charge on any atom is 0.239 e. The molecule has 2 aromatic rings. The first-order valence-electron chi connectivity index (χ1n) is 5.45. The predicted molar refractivity (Wildman–Crippen MR) is 61.9 cm³/mol. The molecular weight excluding hydrogens is 230 g/mol. The summed E-state index contributed by atoms with van der Waals surface area (Å²) in [5.41, 5.74) is 0.970. The summed E-state index contributed by atoms with van der Waals surface area (Å²) in [6, 6.07) is 12.5. The van der Waals surface area contributed by atoms with Gasteiger partial charge in [-0.25, -0.2) is 0 Å². The van der Waals surface area contributed by atoms with Crippen LogP contribution in [0.4, 0.5) is 0 Å². The van der Waals surface area contributed by atoms with E-state index in [2.05, 4.69) is 0 Å². The van der Waals surface area contributed by atoms with Crippen molar-refractivity contribution in [3.05, 3.63) is 65.5 Å². The van der Waals surface area contributed by atoms with Crippen LogP contribution in [0.3, 0.4) is 0 Å². The minimum Gasteiger partial charge on any atom is -0.539 e. The van der Waals surface area contributed by atoms with Crippen LogP contribution in [0.5, 0.6) is 0 Å². The zero-order chi connectivity index (χ0) is 13.0. The zero-order valence-corrected chi connectivity index (χ0v) is 9.58. The van der Waals surface area contributed by atoms with Gasteiger partial charge in [0.2, 0.25) is 5.69 Å². The molecule has 1 heterocycles. The minimum atomic E-state index is -1.35. The van der Waals surface area contributed by atoms with Gasteiger partial charge in [0, 0.05) is 11.6 Å². The molecule has 0 N–H and O–H groups in total. The van der Waals surface area contributed by atoms with E-state index in [1.165, 1.54) is 10.6 Å². The van der Waals surface area contributed by atoms with Gasteiger partial charge in [0.15, 0.2) is 19.0 Å². The Kier molecular flexibility index (Phi) is 3.48. The zero-order valence-electron chi connectivity index (χ0n) is 9.58. The van der Waals surface area contributed by atoms with Crippen LogP contribution < -0.4 is 9.67 Å². The molecule has 0 radical (unpaired) electrons. The summed E-state index contributed by atoms with van der Waals surface area (Å²) in [4.78, 5) is 21.9. The molecule has 0 saturated carbocycles. The number of carboxylic acid groups (broad SMARTS) is 1. The number of carbonyl (C=O) groups is 2. The molecule has 4 nitrogen and oxygen atoms in total. The Labute approximate surface area is 104 Å². The van der Waals surface area contributed by atoms with Gasteiger partial charge in [0.25, 0.3) is 0 Å². The van der Waals surface area contributed by atoms with Gasteiger partial charge in [-0.3, -0.25) is 4.79 Å². The molecule has 4 heteroatoms. The van der Waals surface area contributed by atoms with E-state index in [0.29, 0.717) is 12.8 Å². The molecule has 0 spiro atoms. The van der Waals surface area contributed by atoms with Crippen LogP contribution >= 0.6 is 0 Å². The summed E-state index contributed by atoms with van der Waals surface area (Å²) in [6.45, 7) is 0.381. The Hall–Kier alpha value is -2.49. The number of carbonyl (C=O) groups excluding carboxylic acids is 2. The highest BCUT2D eigenvalue weighted by atomic mass is 16.4. The van der Waals surface area contributed by atoms with Crippen LogP contribution in [0.25, 0.3) is 0 Å². The van der Waals surface area contributed by atoms with Crippen LogP contribution in [0.15, 0.2) is 48.7 Å². The van der Waals surface area contributed by atoms with Crippen LogP contribution in [0.1, 0.15) is 26.4 Å². The highest BCUT2D eigenvalue weighted by molar-refractivity contribution is 5.92. The lowest BCUT2D eigenvalue weighted by Crippen LogP contribution is -2.45. The van der Waals surface area contributed by atoms with Crippen LogP contribution in [-0.4, -0.2) is 12.3 Å². The lowest BCUT2D eigenvalue weighted by Gasteiger charge is -2.06. The van der Waals surface area contributed by atoms with Crippen molar-refractivity contribution in [3.63, 3.8) is 0 Å². The number of pyridine rings is 1. The third kappa shape index (κ3) is 2.43. The quantitative estimate of drug-likeness (QED) is 0.567. The molecular formula is C14H11NO3. The Morgan fingerprint density at radius 1 is 1.17 bits per heavy atom. The maximum atomic E-state index is 11.1. The normalized spacial score (nSPS) is 10.0. The number of benzene rings is 1. The van der Waals surface area contributed by atoms with Crippen molar-refractivity contribution in [3.8, 4) is 0 Å². The first-order valence-corrected chi connectivity index (χ1v) is 5.45. The van der Waals surface area contributed by atoms with Gasteiger partial charge >= 0.3 is 0 Å². The lowest BCUT2D eigenvalue weighted by atomic mass is 10.1. The summed E-state index contributed by atoms with van der Waals surface area (Å²) < 4.78 is 1.49. The number of aromatic nitrogens is 1. The number of hydrogen-bond donors (Lipinski definition) is 0. The van der Waals surface area contributed by atoms with E-state index in [1.807, 2.05) is 30.3 Å². The number of aldehydes is 1. The fraction of sp³-hybridized carbons (Fsp3) is 0.0714. The maximum absolute atomic E-state index is 11.1. The molecule has 1 aromatic carbocycles. The van der Waals surface area contributed by atoms with Gasteiger partial charge in [-0.1, -0.05) is 30.3 Å². The van der Waals surface area contributed by atoms with Crippen molar-refractivity contribution in [1.29, 1.82) is 0 Å². The van der Waals surface area contributed by atoms with E-state index in [-0.39, 0.29) is 11.3 Å². The standard InChI is InChI=1S/C14H11NO3/c16-10-12-7-4-8-15(13(12)14(17)18)9-11-5-2-1-3-6-11/h1-8,10H,9H2. The molecule has 0 aliphatic heterocycles. The second-order valence-electron chi connectivity index (χ2n) is 3.83. The van der Waals surface area contributed by atoms with Crippen LogP contribution in [0, 0.1) is 0 Å². The number of rotatable bonds is 4. The van der Waals surface area contributed by atoms with E-state index >= 15 is 0 Å². The number of hydrogen-bond acceptors (Lipinski definition) is 3. The summed E-state index contributed by atoms with van der Waals surface area (Å²) in [7, 11) is 0. The van der Waals surface area contributed by atoms with Gasteiger partial charge in [0.05, 0.1) is 5.56 Å². The molecule has 0 bridgehead atoms. The van der Waals surface area contributed by atoms with E-state index in [9.17, 15) is 14.7 Å². The average Bonchev–Trinajstić information content (AvgIpc) is 2.39. The molecule has 90 valence electrons. The molecule has 1 aromatic heterocycles. The van der Waals surface area contributed by atoms with Crippen molar-refractivity contribution in [1.82, 2.24) is 0 Å². The highest BCUT2D eigenvalue weighted by Gasteiger charge is 2.17. The van der Waals surface area contributed by atoms with Crippen LogP contribution in [-0.2, 0) is 6.54 Å². The first-order chi connectivity index (χ1) is 8.72. The summed E-state index contributed by atoms with van der Waals surface area (Å²) in [6.07, 6.45) is 2.14. The summed E-state index contributed by atoms with van der Waals surface area (Å²) >= 11 is 0. The van der Waals surface area contributed by atoms with Gasteiger partial charge < -0.3 is 9.90 Å². The van der Waals surface area contributed by atoms with Crippen molar-refractivity contribution in [2.75, 3.05) is 0 Å². The highest BCUT2D eigenvalue weighted by Crippen LogP contribution is 2.03. The topological polar surface area (TPSA) is 61.1 Å². The minimum absolute atomic E-state index is 0.101. The Morgan fingerprint density at radius 3 is 2.50 bits per heavy atom. The van der Waals surface area contributed by atoms with Gasteiger partial charge in [-0.2, -0.15) is 4.57 Å². The van der Waals surface area contributed by atoms with E-state index in [4.69, 9.17) is 0 Å². The molecule has 0 saturated heterocycles. The van der Waals surface area contributed by atoms with Crippen LogP contribution in [0.2, 0.25) is 0 Å². The average molecular weight is 241 g/mol. The van der Waals surface area contributed by atoms with Gasteiger partial charge in [0.1, 0.15) is 5.97 Å². The first kappa shape index (κ1) is 12.0. The van der Waals surface area contributed by atoms with Gasteiger partial charge in [-0.05, 0) is 6.07 Å². The van der Waals surface area contributed by atoms with E-state index in [1.54, 1.807) is 12.3 Å². The molecule has 0 fully saturated rings.